The van der Waals surface area contributed by atoms with Gasteiger partial charge in [0.1, 0.15) is 5.75 Å². The van der Waals surface area contributed by atoms with Crippen LogP contribution in [-0.4, -0.2) is 15.5 Å². The van der Waals surface area contributed by atoms with Gasteiger partial charge in [-0.15, -0.1) is 0 Å². The Morgan fingerprint density at radius 2 is 1.86 bits per heavy atom. The van der Waals surface area contributed by atoms with Crippen LogP contribution in [0.25, 0.3) is 0 Å². The fourth-order valence-electron chi connectivity index (χ4n) is 1.65. The average molecular weight is 391 g/mol. The molecule has 0 fully saturated rings. The molecule has 21 heavy (non-hydrogen) atoms. The molecule has 0 aliphatic rings. The van der Waals surface area contributed by atoms with Crippen LogP contribution in [-0.2, 0) is 16.6 Å². The third kappa shape index (κ3) is 4.20. The number of ether oxygens (including phenoxy) is 1. The summed E-state index contributed by atoms with van der Waals surface area (Å²) in [4.78, 5) is 0.160. The van der Waals surface area contributed by atoms with Crippen molar-refractivity contribution in [2.75, 3.05) is 7.11 Å². The Labute approximate surface area is 137 Å². The maximum Gasteiger partial charge on any atom is 0.240 e. The molecule has 0 spiro atoms. The van der Waals surface area contributed by atoms with Crippen LogP contribution in [0, 0.1) is 0 Å². The molecule has 2 aromatic rings. The van der Waals surface area contributed by atoms with Gasteiger partial charge in [-0.1, -0.05) is 23.7 Å². The molecule has 0 aliphatic carbocycles. The topological polar surface area (TPSA) is 55.4 Å². The summed E-state index contributed by atoms with van der Waals surface area (Å²) in [6, 6.07) is 11.6. The van der Waals surface area contributed by atoms with Gasteiger partial charge in [0.2, 0.25) is 10.0 Å². The van der Waals surface area contributed by atoms with Crippen molar-refractivity contribution in [3.8, 4) is 5.75 Å². The fourth-order valence-corrected chi connectivity index (χ4v) is 3.34. The van der Waals surface area contributed by atoms with Crippen molar-refractivity contribution in [2.45, 2.75) is 11.4 Å². The molecule has 0 bridgehead atoms. The molecule has 0 heterocycles. The third-order valence-corrected chi connectivity index (χ3v) is 5.44. The van der Waals surface area contributed by atoms with Gasteiger partial charge in [-0.25, -0.2) is 13.1 Å². The van der Waals surface area contributed by atoms with Crippen molar-refractivity contribution in [3.63, 3.8) is 0 Å². The molecule has 7 heteroatoms. The van der Waals surface area contributed by atoms with Crippen LogP contribution >= 0.6 is 27.5 Å². The van der Waals surface area contributed by atoms with E-state index in [2.05, 4.69) is 20.7 Å². The lowest BCUT2D eigenvalue weighted by atomic mass is 10.2. The molecule has 1 N–H and O–H groups in total. The first-order chi connectivity index (χ1) is 9.92. The van der Waals surface area contributed by atoms with Crippen LogP contribution < -0.4 is 9.46 Å². The molecule has 0 atom stereocenters. The summed E-state index contributed by atoms with van der Waals surface area (Å²) in [5.41, 5.74) is 0.840. The van der Waals surface area contributed by atoms with E-state index < -0.39 is 10.0 Å². The molecular formula is C14H13BrClNO3S. The summed E-state index contributed by atoms with van der Waals surface area (Å²) in [6.07, 6.45) is 0. The minimum Gasteiger partial charge on any atom is -0.497 e. The minimum atomic E-state index is -3.58. The van der Waals surface area contributed by atoms with E-state index in [9.17, 15) is 8.42 Å². The lowest BCUT2D eigenvalue weighted by Crippen LogP contribution is -2.23. The summed E-state index contributed by atoms with van der Waals surface area (Å²) in [5.74, 6) is 0.725. The molecule has 2 rings (SSSR count). The van der Waals surface area contributed by atoms with Crippen molar-refractivity contribution in [1.29, 1.82) is 0 Å². The summed E-state index contributed by atoms with van der Waals surface area (Å²) < 4.78 is 32.5. The Morgan fingerprint density at radius 1 is 1.19 bits per heavy atom. The predicted molar refractivity (Wildman–Crippen MR) is 86.2 cm³/mol. The first kappa shape index (κ1) is 16.3. The molecule has 0 aromatic heterocycles. The van der Waals surface area contributed by atoms with Gasteiger partial charge in [0.25, 0.3) is 0 Å². The standard InChI is InChI=1S/C14H13BrClNO3S/c1-20-11-4-2-10(3-5-11)9-17-21(18,19)12-6-7-14(16)13(15)8-12/h2-8,17H,9H2,1H3. The Bertz CT molecular complexity index is 732. The second-order valence-corrected chi connectivity index (χ2v) is 7.28. The first-order valence-electron chi connectivity index (χ1n) is 6.00. The molecule has 0 saturated carbocycles. The fraction of sp³-hybridized carbons (Fsp3) is 0.143. The predicted octanol–water partition coefficient (Wildman–Crippen LogP) is 3.59. The van der Waals surface area contributed by atoms with E-state index in [4.69, 9.17) is 16.3 Å². The van der Waals surface area contributed by atoms with Gasteiger partial charge in [-0.05, 0) is 51.8 Å². The van der Waals surface area contributed by atoms with Crippen molar-refractivity contribution in [1.82, 2.24) is 4.72 Å². The smallest absolute Gasteiger partial charge is 0.240 e. The van der Waals surface area contributed by atoms with E-state index in [1.54, 1.807) is 31.4 Å². The zero-order valence-electron chi connectivity index (χ0n) is 11.1. The van der Waals surface area contributed by atoms with Gasteiger partial charge in [-0.3, -0.25) is 0 Å². The molecule has 0 aliphatic heterocycles. The zero-order chi connectivity index (χ0) is 15.5. The number of halogens is 2. The van der Waals surface area contributed by atoms with E-state index >= 15 is 0 Å². The van der Waals surface area contributed by atoms with E-state index in [0.717, 1.165) is 11.3 Å². The lowest BCUT2D eigenvalue weighted by molar-refractivity contribution is 0.414. The van der Waals surface area contributed by atoms with Gasteiger partial charge in [0, 0.05) is 11.0 Å². The SMILES string of the molecule is COc1ccc(CNS(=O)(=O)c2ccc(Cl)c(Br)c2)cc1. The largest absolute Gasteiger partial charge is 0.497 e. The summed E-state index contributed by atoms with van der Waals surface area (Å²) >= 11 is 9.07. The highest BCUT2D eigenvalue weighted by Crippen LogP contribution is 2.25. The molecular weight excluding hydrogens is 378 g/mol. The summed E-state index contributed by atoms with van der Waals surface area (Å²) in [7, 11) is -2.00. The second kappa shape index (κ2) is 6.79. The number of benzene rings is 2. The van der Waals surface area contributed by atoms with Gasteiger partial charge in [0.05, 0.1) is 17.0 Å². The Morgan fingerprint density at radius 3 is 2.43 bits per heavy atom. The Kier molecular flexibility index (Phi) is 5.27. The minimum absolute atomic E-state index is 0.160. The first-order valence-corrected chi connectivity index (χ1v) is 8.65. The Balaban J connectivity index is 2.11. The van der Waals surface area contributed by atoms with E-state index in [1.165, 1.54) is 18.2 Å². The summed E-state index contributed by atoms with van der Waals surface area (Å²) in [5, 5.41) is 0.462. The number of hydrogen-bond donors (Lipinski definition) is 1. The Hall–Kier alpha value is -1.08. The zero-order valence-corrected chi connectivity index (χ0v) is 14.3. The lowest BCUT2D eigenvalue weighted by Gasteiger charge is -2.08. The van der Waals surface area contributed by atoms with Gasteiger partial charge in [0.15, 0.2) is 0 Å². The summed E-state index contributed by atoms with van der Waals surface area (Å²) in [6.45, 7) is 0.201. The van der Waals surface area contributed by atoms with Gasteiger partial charge >= 0.3 is 0 Å². The van der Waals surface area contributed by atoms with E-state index in [0.29, 0.717) is 9.50 Å². The number of methoxy groups -OCH3 is 1. The molecule has 112 valence electrons. The quantitative estimate of drug-likeness (QED) is 0.849. The molecule has 0 amide bonds. The highest BCUT2D eigenvalue weighted by Gasteiger charge is 2.15. The molecule has 2 aromatic carbocycles. The van der Waals surface area contributed by atoms with E-state index in [1.807, 2.05) is 0 Å². The number of sulfonamides is 1. The van der Waals surface area contributed by atoms with Crippen LogP contribution in [0.1, 0.15) is 5.56 Å². The number of hydrogen-bond acceptors (Lipinski definition) is 3. The van der Waals surface area contributed by atoms with Crippen molar-refractivity contribution in [2.24, 2.45) is 0 Å². The van der Waals surface area contributed by atoms with Crippen LogP contribution in [0.4, 0.5) is 0 Å². The van der Waals surface area contributed by atoms with Crippen molar-refractivity contribution < 1.29 is 13.2 Å². The van der Waals surface area contributed by atoms with E-state index in [-0.39, 0.29) is 11.4 Å². The van der Waals surface area contributed by atoms with Crippen molar-refractivity contribution in [3.05, 3.63) is 57.5 Å². The normalized spacial score (nSPS) is 11.4. The maximum atomic E-state index is 12.2. The van der Waals surface area contributed by atoms with Crippen LogP contribution in [0.15, 0.2) is 51.8 Å². The number of nitrogens with one attached hydrogen (secondary N) is 1. The van der Waals surface area contributed by atoms with Gasteiger partial charge < -0.3 is 4.74 Å². The van der Waals surface area contributed by atoms with Gasteiger partial charge in [-0.2, -0.15) is 0 Å². The van der Waals surface area contributed by atoms with Crippen molar-refractivity contribution >= 4 is 37.6 Å². The average Bonchev–Trinajstić information content (AvgIpc) is 2.48. The molecule has 4 nitrogen and oxygen atoms in total. The molecule has 0 radical (unpaired) electrons. The highest BCUT2D eigenvalue weighted by atomic mass is 79.9. The molecule has 0 unspecified atom stereocenters. The number of rotatable bonds is 5. The third-order valence-electron chi connectivity index (χ3n) is 2.83. The maximum absolute atomic E-state index is 12.2. The monoisotopic (exact) mass is 389 g/mol. The second-order valence-electron chi connectivity index (χ2n) is 4.25. The van der Waals surface area contributed by atoms with Crippen LogP contribution in [0.2, 0.25) is 5.02 Å². The van der Waals surface area contributed by atoms with Crippen LogP contribution in [0.5, 0.6) is 5.75 Å². The molecule has 0 saturated heterocycles. The van der Waals surface area contributed by atoms with Crippen LogP contribution in [0.3, 0.4) is 0 Å². The highest BCUT2D eigenvalue weighted by molar-refractivity contribution is 9.10.